The Morgan fingerprint density at radius 3 is 2.45 bits per heavy atom. The largest absolute Gasteiger partial charge is 0.496 e. The minimum atomic E-state index is -0.222. The Kier molecular flexibility index (Phi) is 4.89. The summed E-state index contributed by atoms with van der Waals surface area (Å²) in [7, 11) is 1.64. The summed E-state index contributed by atoms with van der Waals surface area (Å²) in [6, 6.07) is 11.2. The first-order valence-electron chi connectivity index (χ1n) is 6.12. The van der Waals surface area contributed by atoms with Gasteiger partial charge in [-0.25, -0.2) is 5.43 Å². The first-order chi connectivity index (χ1) is 9.56. The van der Waals surface area contributed by atoms with E-state index in [1.165, 1.54) is 0 Å². The van der Waals surface area contributed by atoms with Gasteiger partial charge in [0, 0.05) is 5.56 Å². The number of nitrogens with one attached hydrogen (secondary N) is 1. The molecule has 1 unspecified atom stereocenters. The summed E-state index contributed by atoms with van der Waals surface area (Å²) in [5, 5.41) is 1.01. The number of hydrazine groups is 1. The molecule has 0 aliphatic carbocycles. The third kappa shape index (κ3) is 3.07. The van der Waals surface area contributed by atoms with Gasteiger partial charge in [0.15, 0.2) is 0 Å². The zero-order valence-electron chi connectivity index (χ0n) is 11.3. The molecule has 3 N–H and O–H groups in total. The normalized spacial score (nSPS) is 12.2. The van der Waals surface area contributed by atoms with Crippen LogP contribution in [0.4, 0.5) is 0 Å². The first kappa shape index (κ1) is 15.1. The second-order valence-electron chi connectivity index (χ2n) is 4.52. The monoisotopic (exact) mass is 310 g/mol. The van der Waals surface area contributed by atoms with E-state index in [9.17, 15) is 0 Å². The Morgan fingerprint density at radius 1 is 1.10 bits per heavy atom. The maximum atomic E-state index is 6.07. The summed E-state index contributed by atoms with van der Waals surface area (Å²) in [5.74, 6) is 6.48. The van der Waals surface area contributed by atoms with Crippen molar-refractivity contribution < 1.29 is 4.74 Å². The fourth-order valence-corrected chi connectivity index (χ4v) is 2.42. The van der Waals surface area contributed by atoms with Crippen LogP contribution in [0.25, 0.3) is 0 Å². The van der Waals surface area contributed by atoms with Crippen LogP contribution in [-0.4, -0.2) is 7.11 Å². The molecule has 0 aliphatic heterocycles. The Labute approximate surface area is 128 Å². The second-order valence-corrected chi connectivity index (χ2v) is 5.33. The quantitative estimate of drug-likeness (QED) is 0.666. The molecule has 1 atom stereocenters. The van der Waals surface area contributed by atoms with E-state index in [1.54, 1.807) is 19.2 Å². The van der Waals surface area contributed by atoms with Crippen molar-refractivity contribution in [2.24, 2.45) is 5.84 Å². The summed E-state index contributed by atoms with van der Waals surface area (Å²) in [4.78, 5) is 0. The number of ether oxygens (including phenoxy) is 1. The molecule has 0 saturated heterocycles. The number of hydrogen-bond donors (Lipinski definition) is 2. The molecule has 20 heavy (non-hydrogen) atoms. The van der Waals surface area contributed by atoms with Crippen LogP contribution in [-0.2, 0) is 0 Å². The van der Waals surface area contributed by atoms with Crippen molar-refractivity contribution in [2.75, 3.05) is 7.11 Å². The molecule has 5 heteroatoms. The predicted molar refractivity (Wildman–Crippen MR) is 83.4 cm³/mol. The van der Waals surface area contributed by atoms with E-state index in [1.807, 2.05) is 31.2 Å². The van der Waals surface area contributed by atoms with E-state index < -0.39 is 0 Å². The highest BCUT2D eigenvalue weighted by Crippen LogP contribution is 2.33. The number of nitrogens with two attached hydrogens (primary N) is 1. The number of aryl methyl sites for hydroxylation is 1. The van der Waals surface area contributed by atoms with Crippen molar-refractivity contribution in [3.05, 3.63) is 63.1 Å². The molecule has 0 saturated carbocycles. The first-order valence-corrected chi connectivity index (χ1v) is 6.88. The predicted octanol–water partition coefficient (Wildman–Crippen LogP) is 3.86. The lowest BCUT2D eigenvalue weighted by Gasteiger charge is -2.20. The third-order valence-corrected chi connectivity index (χ3v) is 3.88. The van der Waals surface area contributed by atoms with E-state index in [0.29, 0.717) is 10.0 Å². The highest BCUT2D eigenvalue weighted by Gasteiger charge is 2.18. The minimum Gasteiger partial charge on any atom is -0.496 e. The summed E-state index contributed by atoms with van der Waals surface area (Å²) in [5.41, 5.74) is 5.78. The lowest BCUT2D eigenvalue weighted by atomic mass is 9.97. The highest BCUT2D eigenvalue weighted by atomic mass is 35.5. The van der Waals surface area contributed by atoms with Crippen molar-refractivity contribution in [2.45, 2.75) is 13.0 Å². The Hall–Kier alpha value is -1.26. The van der Waals surface area contributed by atoms with E-state index >= 15 is 0 Å². The van der Waals surface area contributed by atoms with Crippen LogP contribution in [0.15, 0.2) is 36.4 Å². The summed E-state index contributed by atoms with van der Waals surface area (Å²) in [6.45, 7) is 2.01. The average molecular weight is 311 g/mol. The molecule has 0 amide bonds. The molecule has 3 nitrogen and oxygen atoms in total. The van der Waals surface area contributed by atoms with Crippen molar-refractivity contribution in [3.63, 3.8) is 0 Å². The van der Waals surface area contributed by atoms with Crippen LogP contribution >= 0.6 is 23.2 Å². The van der Waals surface area contributed by atoms with Crippen LogP contribution in [0.5, 0.6) is 5.75 Å². The molecule has 0 fully saturated rings. The van der Waals surface area contributed by atoms with Crippen LogP contribution < -0.4 is 16.0 Å². The molecule has 2 aromatic rings. The van der Waals surface area contributed by atoms with Crippen LogP contribution in [0.3, 0.4) is 0 Å². The Morgan fingerprint density at radius 2 is 1.85 bits per heavy atom. The van der Waals surface area contributed by atoms with Crippen LogP contribution in [0.2, 0.25) is 10.0 Å². The van der Waals surface area contributed by atoms with Crippen molar-refractivity contribution in [3.8, 4) is 5.75 Å². The lowest BCUT2D eigenvalue weighted by Crippen LogP contribution is -2.29. The van der Waals surface area contributed by atoms with E-state index in [4.69, 9.17) is 33.8 Å². The van der Waals surface area contributed by atoms with Gasteiger partial charge in [0.05, 0.1) is 23.2 Å². The SMILES string of the molecule is COc1cc(C)ccc1C(NN)c1ccc(Cl)c(Cl)c1. The smallest absolute Gasteiger partial charge is 0.124 e. The molecule has 106 valence electrons. The summed E-state index contributed by atoms with van der Waals surface area (Å²) < 4.78 is 5.43. The van der Waals surface area contributed by atoms with Crippen molar-refractivity contribution in [1.82, 2.24) is 5.43 Å². The Bertz CT molecular complexity index is 617. The standard InChI is InChI=1S/C15H16Cl2N2O/c1-9-3-5-11(14(7-9)20-2)15(19-18)10-4-6-12(16)13(17)8-10/h3-8,15,19H,18H2,1-2H3. The fourth-order valence-electron chi connectivity index (χ4n) is 2.11. The third-order valence-electron chi connectivity index (χ3n) is 3.14. The number of methoxy groups -OCH3 is 1. The van der Waals surface area contributed by atoms with Gasteiger partial charge in [0.2, 0.25) is 0 Å². The zero-order chi connectivity index (χ0) is 14.7. The van der Waals surface area contributed by atoms with Crippen molar-refractivity contribution in [1.29, 1.82) is 0 Å². The maximum Gasteiger partial charge on any atom is 0.124 e. The van der Waals surface area contributed by atoms with Gasteiger partial charge in [-0.05, 0) is 36.2 Å². The number of hydrogen-bond acceptors (Lipinski definition) is 3. The Balaban J connectivity index is 2.49. The zero-order valence-corrected chi connectivity index (χ0v) is 12.8. The summed E-state index contributed by atoms with van der Waals surface area (Å²) >= 11 is 12.0. The molecule has 0 aromatic heterocycles. The molecule has 0 spiro atoms. The molecule has 0 heterocycles. The van der Waals surface area contributed by atoms with Gasteiger partial charge in [-0.1, -0.05) is 41.4 Å². The maximum absolute atomic E-state index is 6.07. The van der Waals surface area contributed by atoms with Crippen molar-refractivity contribution >= 4 is 23.2 Å². The lowest BCUT2D eigenvalue weighted by molar-refractivity contribution is 0.404. The van der Waals surface area contributed by atoms with Gasteiger partial charge in [0.1, 0.15) is 5.75 Å². The molecule has 0 radical (unpaired) electrons. The average Bonchev–Trinajstić information content (AvgIpc) is 2.44. The van der Waals surface area contributed by atoms with Gasteiger partial charge in [-0.15, -0.1) is 0 Å². The molecule has 0 bridgehead atoms. The van der Waals surface area contributed by atoms with Crippen LogP contribution in [0.1, 0.15) is 22.7 Å². The molecular formula is C15H16Cl2N2O. The molecule has 2 aromatic carbocycles. The van der Waals surface area contributed by atoms with E-state index in [-0.39, 0.29) is 6.04 Å². The van der Waals surface area contributed by atoms with Gasteiger partial charge >= 0.3 is 0 Å². The fraction of sp³-hybridized carbons (Fsp3) is 0.200. The van der Waals surface area contributed by atoms with Gasteiger partial charge < -0.3 is 4.74 Å². The van der Waals surface area contributed by atoms with Crippen LogP contribution in [0, 0.1) is 6.92 Å². The number of halogens is 2. The van der Waals surface area contributed by atoms with Gasteiger partial charge in [-0.3, -0.25) is 5.84 Å². The van der Waals surface area contributed by atoms with E-state index in [2.05, 4.69) is 5.43 Å². The van der Waals surface area contributed by atoms with Gasteiger partial charge in [-0.2, -0.15) is 0 Å². The highest BCUT2D eigenvalue weighted by molar-refractivity contribution is 6.42. The molecule has 0 aliphatic rings. The second kappa shape index (κ2) is 6.46. The topological polar surface area (TPSA) is 47.3 Å². The molecule has 2 rings (SSSR count). The molecular weight excluding hydrogens is 295 g/mol. The summed E-state index contributed by atoms with van der Waals surface area (Å²) in [6.07, 6.45) is 0. The number of benzene rings is 2. The number of rotatable bonds is 4. The van der Waals surface area contributed by atoms with Gasteiger partial charge in [0.25, 0.3) is 0 Å². The minimum absolute atomic E-state index is 0.222. The van der Waals surface area contributed by atoms with E-state index in [0.717, 1.165) is 22.4 Å².